The highest BCUT2D eigenvalue weighted by atomic mass is 14.9. The van der Waals surface area contributed by atoms with E-state index in [4.69, 9.17) is 10.7 Å². The summed E-state index contributed by atoms with van der Waals surface area (Å²) < 4.78 is 0. The summed E-state index contributed by atoms with van der Waals surface area (Å²) in [7, 11) is 0. The molecular weight excluding hydrogens is 246 g/mol. The molecule has 0 aromatic carbocycles. The van der Waals surface area contributed by atoms with Gasteiger partial charge in [-0.15, -0.1) is 0 Å². The van der Waals surface area contributed by atoms with E-state index in [0.29, 0.717) is 12.0 Å². The summed E-state index contributed by atoms with van der Waals surface area (Å²) in [5.74, 6) is 3.85. The highest BCUT2D eigenvalue weighted by Gasteiger charge is 2.52. The number of aromatic nitrogens is 2. The molecule has 4 saturated carbocycles. The van der Waals surface area contributed by atoms with Crippen LogP contribution in [0.1, 0.15) is 55.6 Å². The van der Waals surface area contributed by atoms with Gasteiger partial charge in [0.2, 0.25) is 0 Å². The Balaban J connectivity index is 1.74. The molecule has 0 amide bonds. The van der Waals surface area contributed by atoms with Crippen LogP contribution in [-0.2, 0) is 11.8 Å². The van der Waals surface area contributed by atoms with E-state index in [1.165, 1.54) is 49.8 Å². The van der Waals surface area contributed by atoms with E-state index in [-0.39, 0.29) is 0 Å². The second-order valence-electron chi connectivity index (χ2n) is 7.55. The molecule has 4 bridgehead atoms. The van der Waals surface area contributed by atoms with Crippen molar-refractivity contribution in [2.45, 2.75) is 57.3 Å². The number of nitrogens with two attached hydrogens (primary N) is 1. The summed E-state index contributed by atoms with van der Waals surface area (Å²) in [6, 6.07) is 0. The molecular formula is C17H25N3. The maximum Gasteiger partial charge on any atom is 0.129 e. The number of aryl methyl sites for hydroxylation is 1. The van der Waals surface area contributed by atoms with Gasteiger partial charge in [-0.05, 0) is 75.3 Å². The predicted octanol–water partition coefficient (Wildman–Crippen LogP) is 2.75. The van der Waals surface area contributed by atoms with Crippen molar-refractivity contribution >= 4 is 0 Å². The summed E-state index contributed by atoms with van der Waals surface area (Å²) in [5.41, 5.74) is 8.72. The lowest BCUT2D eigenvalue weighted by Crippen LogP contribution is -2.49. The molecule has 1 heterocycles. The second kappa shape index (κ2) is 4.52. The predicted molar refractivity (Wildman–Crippen MR) is 79.4 cm³/mol. The third-order valence-corrected chi connectivity index (χ3v) is 5.93. The van der Waals surface area contributed by atoms with Crippen molar-refractivity contribution in [3.05, 3.63) is 23.3 Å². The molecule has 0 radical (unpaired) electrons. The fraction of sp³-hybridized carbons (Fsp3) is 0.765. The lowest BCUT2D eigenvalue weighted by Gasteiger charge is -2.56. The van der Waals surface area contributed by atoms with Crippen LogP contribution in [0, 0.1) is 24.7 Å². The van der Waals surface area contributed by atoms with Crippen LogP contribution in [0.15, 0.2) is 6.20 Å². The van der Waals surface area contributed by atoms with Crippen LogP contribution < -0.4 is 5.73 Å². The molecule has 0 aliphatic heterocycles. The van der Waals surface area contributed by atoms with Crippen molar-refractivity contribution in [2.24, 2.45) is 23.5 Å². The molecule has 2 N–H and O–H groups in total. The van der Waals surface area contributed by atoms with Crippen LogP contribution in [0.4, 0.5) is 0 Å². The molecule has 4 aliphatic rings. The Kier molecular flexibility index (Phi) is 2.88. The standard InChI is InChI=1S/C17H25N3/c1-11-10-19-15(2-3-18)20-16(11)17-7-12-4-13(8-17)6-14(5-12)9-17/h10,12-14H,2-9,18H2,1H3. The van der Waals surface area contributed by atoms with Crippen LogP contribution in [0.3, 0.4) is 0 Å². The fourth-order valence-electron chi connectivity index (χ4n) is 5.67. The van der Waals surface area contributed by atoms with Gasteiger partial charge in [-0.2, -0.15) is 0 Å². The Morgan fingerprint density at radius 3 is 2.30 bits per heavy atom. The van der Waals surface area contributed by atoms with Crippen molar-refractivity contribution in [3.8, 4) is 0 Å². The van der Waals surface area contributed by atoms with E-state index in [9.17, 15) is 0 Å². The Bertz CT molecular complexity index is 488. The van der Waals surface area contributed by atoms with Gasteiger partial charge in [0.15, 0.2) is 0 Å². The Labute approximate surface area is 121 Å². The van der Waals surface area contributed by atoms with E-state index in [1.807, 2.05) is 6.20 Å². The van der Waals surface area contributed by atoms with Crippen molar-refractivity contribution in [1.82, 2.24) is 9.97 Å². The van der Waals surface area contributed by atoms with Crippen LogP contribution in [0.2, 0.25) is 0 Å². The van der Waals surface area contributed by atoms with Gasteiger partial charge in [0.1, 0.15) is 5.82 Å². The first-order valence-corrected chi connectivity index (χ1v) is 8.21. The molecule has 1 aromatic rings. The number of hydrogen-bond donors (Lipinski definition) is 1. The number of hydrogen-bond acceptors (Lipinski definition) is 3. The van der Waals surface area contributed by atoms with E-state index < -0.39 is 0 Å². The normalized spacial score (nSPS) is 38.4. The fourth-order valence-corrected chi connectivity index (χ4v) is 5.67. The van der Waals surface area contributed by atoms with E-state index in [1.54, 1.807) is 0 Å². The zero-order chi connectivity index (χ0) is 13.7. The zero-order valence-electron chi connectivity index (χ0n) is 12.4. The molecule has 4 fully saturated rings. The molecule has 0 saturated heterocycles. The minimum Gasteiger partial charge on any atom is -0.330 e. The maximum atomic E-state index is 5.67. The first-order chi connectivity index (χ1) is 9.68. The highest BCUT2D eigenvalue weighted by molar-refractivity contribution is 5.29. The zero-order valence-corrected chi connectivity index (χ0v) is 12.4. The molecule has 1 aromatic heterocycles. The molecule has 108 valence electrons. The van der Waals surface area contributed by atoms with Gasteiger partial charge >= 0.3 is 0 Å². The average molecular weight is 271 g/mol. The van der Waals surface area contributed by atoms with Crippen LogP contribution in [-0.4, -0.2) is 16.5 Å². The summed E-state index contributed by atoms with van der Waals surface area (Å²) >= 11 is 0. The monoisotopic (exact) mass is 271 g/mol. The van der Waals surface area contributed by atoms with Crippen molar-refractivity contribution in [1.29, 1.82) is 0 Å². The first kappa shape index (κ1) is 12.8. The molecule has 0 unspecified atom stereocenters. The molecule has 3 heteroatoms. The van der Waals surface area contributed by atoms with Gasteiger partial charge in [-0.25, -0.2) is 9.97 Å². The summed E-state index contributed by atoms with van der Waals surface area (Å²) in [5, 5.41) is 0. The topological polar surface area (TPSA) is 51.8 Å². The lowest BCUT2D eigenvalue weighted by atomic mass is 9.48. The van der Waals surface area contributed by atoms with Crippen LogP contribution in [0.5, 0.6) is 0 Å². The first-order valence-electron chi connectivity index (χ1n) is 8.21. The molecule has 5 rings (SSSR count). The largest absolute Gasteiger partial charge is 0.330 e. The number of rotatable bonds is 3. The maximum absolute atomic E-state index is 5.67. The van der Waals surface area contributed by atoms with Crippen molar-refractivity contribution in [3.63, 3.8) is 0 Å². The second-order valence-corrected chi connectivity index (χ2v) is 7.55. The third-order valence-electron chi connectivity index (χ3n) is 5.93. The van der Waals surface area contributed by atoms with Crippen molar-refractivity contribution in [2.75, 3.05) is 6.54 Å². The van der Waals surface area contributed by atoms with Crippen LogP contribution >= 0.6 is 0 Å². The van der Waals surface area contributed by atoms with E-state index in [0.717, 1.165) is 30.0 Å². The SMILES string of the molecule is Cc1cnc(CCN)nc1C12CC3CC(CC(C3)C1)C2. The molecule has 0 spiro atoms. The minimum absolute atomic E-state index is 0.380. The molecule has 3 nitrogen and oxygen atoms in total. The molecule has 0 atom stereocenters. The quantitative estimate of drug-likeness (QED) is 0.919. The Morgan fingerprint density at radius 2 is 1.75 bits per heavy atom. The minimum atomic E-state index is 0.380. The van der Waals surface area contributed by atoms with Gasteiger partial charge in [-0.3, -0.25) is 0 Å². The van der Waals surface area contributed by atoms with Crippen LogP contribution in [0.25, 0.3) is 0 Å². The van der Waals surface area contributed by atoms with Gasteiger partial charge in [0, 0.05) is 18.0 Å². The summed E-state index contributed by atoms with van der Waals surface area (Å²) in [4.78, 5) is 9.43. The lowest BCUT2D eigenvalue weighted by molar-refractivity contribution is -0.00766. The summed E-state index contributed by atoms with van der Waals surface area (Å²) in [6.45, 7) is 2.84. The highest BCUT2D eigenvalue weighted by Crippen LogP contribution is 2.60. The average Bonchev–Trinajstić information content (AvgIpc) is 2.39. The Hall–Kier alpha value is -0.960. The van der Waals surface area contributed by atoms with Gasteiger partial charge in [0.25, 0.3) is 0 Å². The van der Waals surface area contributed by atoms with Crippen molar-refractivity contribution < 1.29 is 0 Å². The molecule has 4 aliphatic carbocycles. The van der Waals surface area contributed by atoms with E-state index in [2.05, 4.69) is 11.9 Å². The smallest absolute Gasteiger partial charge is 0.129 e. The Morgan fingerprint density at radius 1 is 1.15 bits per heavy atom. The van der Waals surface area contributed by atoms with Gasteiger partial charge < -0.3 is 5.73 Å². The van der Waals surface area contributed by atoms with Gasteiger partial charge in [-0.1, -0.05) is 0 Å². The number of nitrogens with zero attached hydrogens (tertiary/aromatic N) is 2. The molecule has 20 heavy (non-hydrogen) atoms. The van der Waals surface area contributed by atoms with E-state index >= 15 is 0 Å². The van der Waals surface area contributed by atoms with Gasteiger partial charge in [0.05, 0.1) is 5.69 Å². The summed E-state index contributed by atoms with van der Waals surface area (Å²) in [6.07, 6.45) is 11.4. The third kappa shape index (κ3) is 1.90.